The largest absolute Gasteiger partial charge is 0.573 e. The van der Waals surface area contributed by atoms with Gasteiger partial charge in [0, 0.05) is 0 Å². The van der Waals surface area contributed by atoms with Gasteiger partial charge in [0.05, 0.1) is 18.2 Å². The molecule has 0 heterocycles. The highest BCUT2D eigenvalue weighted by Gasteiger charge is 2.32. The number of carbonyl (C=O) groups is 1. The summed E-state index contributed by atoms with van der Waals surface area (Å²) in [5.74, 6) is -1.40. The molecule has 4 nitrogen and oxygen atoms in total. The number of aryl methyl sites for hydroxylation is 1. The van der Waals surface area contributed by atoms with Crippen LogP contribution in [0, 0.1) is 11.3 Å². The second-order valence-electron chi connectivity index (χ2n) is 3.51. The van der Waals surface area contributed by atoms with Gasteiger partial charge in [-0.25, -0.2) is 4.79 Å². The summed E-state index contributed by atoms with van der Waals surface area (Å²) in [7, 11) is 1.07. The summed E-state index contributed by atoms with van der Waals surface area (Å²) in [6.45, 7) is 1.61. The van der Waals surface area contributed by atoms with Crippen LogP contribution >= 0.6 is 0 Å². The molecule has 0 aromatic heterocycles. The van der Waals surface area contributed by atoms with Gasteiger partial charge in [-0.05, 0) is 24.1 Å². The van der Waals surface area contributed by atoms with Crippen LogP contribution in [0.25, 0.3) is 0 Å². The van der Waals surface area contributed by atoms with Crippen LogP contribution in [0.5, 0.6) is 5.75 Å². The summed E-state index contributed by atoms with van der Waals surface area (Å²) in [6, 6.07) is 3.80. The van der Waals surface area contributed by atoms with Crippen LogP contribution < -0.4 is 4.74 Å². The quantitative estimate of drug-likeness (QED) is 0.794. The predicted molar refractivity (Wildman–Crippen MR) is 58.6 cm³/mol. The first kappa shape index (κ1) is 14.8. The first-order chi connectivity index (χ1) is 8.82. The lowest BCUT2D eigenvalue weighted by Crippen LogP contribution is -2.19. The Morgan fingerprint density at radius 2 is 2.05 bits per heavy atom. The third-order valence-electron chi connectivity index (χ3n) is 2.33. The van der Waals surface area contributed by atoms with Gasteiger partial charge in [0.2, 0.25) is 0 Å². The van der Waals surface area contributed by atoms with E-state index >= 15 is 0 Å². The van der Waals surface area contributed by atoms with E-state index in [4.69, 9.17) is 5.26 Å². The molecule has 1 rings (SSSR count). The molecule has 0 unspecified atom stereocenters. The van der Waals surface area contributed by atoms with E-state index in [0.29, 0.717) is 0 Å². The van der Waals surface area contributed by atoms with Crippen LogP contribution in [-0.2, 0) is 11.2 Å². The number of carbonyl (C=O) groups excluding carboxylic acids is 1. The molecule has 0 atom stereocenters. The minimum atomic E-state index is -4.87. The number of rotatable bonds is 3. The molecule has 19 heavy (non-hydrogen) atoms. The van der Waals surface area contributed by atoms with E-state index in [1.54, 1.807) is 13.0 Å². The number of esters is 1. The molecular weight excluding hydrogens is 263 g/mol. The Labute approximate surface area is 107 Å². The number of alkyl halides is 3. The lowest BCUT2D eigenvalue weighted by molar-refractivity contribution is -0.274. The molecule has 7 heteroatoms. The van der Waals surface area contributed by atoms with Crippen molar-refractivity contribution in [3.63, 3.8) is 0 Å². The van der Waals surface area contributed by atoms with Crippen LogP contribution in [0.2, 0.25) is 0 Å². The minimum Gasteiger partial charge on any atom is -0.465 e. The first-order valence-electron chi connectivity index (χ1n) is 5.23. The summed E-state index contributed by atoms with van der Waals surface area (Å²) in [5, 5.41) is 8.89. The standard InChI is InChI=1S/C12H10F3NO3/c1-3-7-4-8(6-16)9(11(17)18-2)5-10(7)19-12(13,14)15/h4-5H,3H2,1-2H3. The Morgan fingerprint density at radius 3 is 2.47 bits per heavy atom. The maximum atomic E-state index is 12.3. The van der Waals surface area contributed by atoms with Crippen molar-refractivity contribution in [1.82, 2.24) is 0 Å². The van der Waals surface area contributed by atoms with Crippen molar-refractivity contribution >= 4 is 5.97 Å². The van der Waals surface area contributed by atoms with E-state index in [1.165, 1.54) is 6.07 Å². The molecule has 0 bridgehead atoms. The van der Waals surface area contributed by atoms with Gasteiger partial charge in [0.15, 0.2) is 0 Å². The molecule has 0 amide bonds. The van der Waals surface area contributed by atoms with Crippen LogP contribution in [0.15, 0.2) is 12.1 Å². The van der Waals surface area contributed by atoms with Crippen molar-refractivity contribution in [3.05, 3.63) is 28.8 Å². The van der Waals surface area contributed by atoms with Gasteiger partial charge < -0.3 is 9.47 Å². The third-order valence-corrected chi connectivity index (χ3v) is 2.33. The SMILES string of the molecule is CCc1cc(C#N)c(C(=O)OC)cc1OC(F)(F)F. The molecule has 0 aliphatic rings. The summed E-state index contributed by atoms with van der Waals surface area (Å²) in [5.41, 5.74) is -0.138. The zero-order chi connectivity index (χ0) is 14.6. The van der Waals surface area contributed by atoms with Gasteiger partial charge >= 0.3 is 12.3 Å². The molecule has 0 aliphatic carbocycles. The van der Waals surface area contributed by atoms with Crippen LogP contribution in [0.4, 0.5) is 13.2 Å². The molecular formula is C12H10F3NO3. The van der Waals surface area contributed by atoms with E-state index < -0.39 is 18.1 Å². The topological polar surface area (TPSA) is 59.3 Å². The maximum Gasteiger partial charge on any atom is 0.573 e. The number of ether oxygens (including phenoxy) is 2. The highest BCUT2D eigenvalue weighted by molar-refractivity contribution is 5.92. The third kappa shape index (κ3) is 3.61. The zero-order valence-corrected chi connectivity index (χ0v) is 10.2. The second kappa shape index (κ2) is 5.61. The van der Waals surface area contributed by atoms with E-state index in [0.717, 1.165) is 13.2 Å². The normalized spacial score (nSPS) is 10.7. The van der Waals surface area contributed by atoms with Crippen molar-refractivity contribution in [2.24, 2.45) is 0 Å². The zero-order valence-electron chi connectivity index (χ0n) is 10.2. The molecule has 1 aromatic rings. The Balaban J connectivity index is 3.38. The Morgan fingerprint density at radius 1 is 1.42 bits per heavy atom. The monoisotopic (exact) mass is 273 g/mol. The molecule has 0 N–H and O–H groups in total. The van der Waals surface area contributed by atoms with Gasteiger partial charge in [-0.2, -0.15) is 5.26 Å². The van der Waals surface area contributed by atoms with Gasteiger partial charge in [0.25, 0.3) is 0 Å². The van der Waals surface area contributed by atoms with E-state index in [1.807, 2.05) is 0 Å². The lowest BCUT2D eigenvalue weighted by atomic mass is 10.0. The molecule has 0 saturated carbocycles. The number of hydrogen-bond acceptors (Lipinski definition) is 4. The second-order valence-corrected chi connectivity index (χ2v) is 3.51. The van der Waals surface area contributed by atoms with Gasteiger partial charge in [0.1, 0.15) is 11.8 Å². The highest BCUT2D eigenvalue weighted by Crippen LogP contribution is 2.30. The number of nitrogens with zero attached hydrogens (tertiary/aromatic N) is 1. The summed E-state index contributed by atoms with van der Waals surface area (Å²) < 4.78 is 45.0. The Bertz CT molecular complexity index is 532. The van der Waals surface area contributed by atoms with E-state index in [-0.39, 0.29) is 23.1 Å². The Hall–Kier alpha value is -2.23. The average Bonchev–Trinajstić information content (AvgIpc) is 2.35. The highest BCUT2D eigenvalue weighted by atomic mass is 19.4. The molecule has 1 aromatic carbocycles. The van der Waals surface area contributed by atoms with Crippen molar-refractivity contribution in [1.29, 1.82) is 5.26 Å². The number of nitriles is 1. The number of halogens is 3. The summed E-state index contributed by atoms with van der Waals surface area (Å²) >= 11 is 0. The van der Waals surface area contributed by atoms with Gasteiger partial charge in [-0.15, -0.1) is 13.2 Å². The van der Waals surface area contributed by atoms with Crippen molar-refractivity contribution < 1.29 is 27.4 Å². The molecule has 102 valence electrons. The fraction of sp³-hybridized carbons (Fsp3) is 0.333. The van der Waals surface area contributed by atoms with Crippen molar-refractivity contribution in [2.75, 3.05) is 7.11 Å². The Kier molecular flexibility index (Phi) is 4.38. The van der Waals surface area contributed by atoms with Crippen molar-refractivity contribution in [2.45, 2.75) is 19.7 Å². The van der Waals surface area contributed by atoms with Crippen LogP contribution in [0.3, 0.4) is 0 Å². The van der Waals surface area contributed by atoms with Crippen molar-refractivity contribution in [3.8, 4) is 11.8 Å². The van der Waals surface area contributed by atoms with Gasteiger partial charge in [-0.3, -0.25) is 0 Å². The smallest absolute Gasteiger partial charge is 0.465 e. The summed E-state index contributed by atoms with van der Waals surface area (Å²) in [6.07, 6.45) is -4.65. The molecule has 0 radical (unpaired) electrons. The van der Waals surface area contributed by atoms with Crippen LogP contribution in [-0.4, -0.2) is 19.4 Å². The molecule has 0 fully saturated rings. The minimum absolute atomic E-state index is 0.0572. The maximum absolute atomic E-state index is 12.3. The number of hydrogen-bond donors (Lipinski definition) is 0. The number of methoxy groups -OCH3 is 1. The predicted octanol–water partition coefficient (Wildman–Crippen LogP) is 2.81. The fourth-order valence-electron chi connectivity index (χ4n) is 1.49. The first-order valence-corrected chi connectivity index (χ1v) is 5.23. The number of benzene rings is 1. The van der Waals surface area contributed by atoms with E-state index in [2.05, 4.69) is 9.47 Å². The van der Waals surface area contributed by atoms with E-state index in [9.17, 15) is 18.0 Å². The fourth-order valence-corrected chi connectivity index (χ4v) is 1.49. The van der Waals surface area contributed by atoms with Crippen LogP contribution in [0.1, 0.15) is 28.4 Å². The molecule has 0 aliphatic heterocycles. The molecule has 0 spiro atoms. The summed E-state index contributed by atoms with van der Waals surface area (Å²) in [4.78, 5) is 11.4. The van der Waals surface area contributed by atoms with Gasteiger partial charge in [-0.1, -0.05) is 6.92 Å². The lowest BCUT2D eigenvalue weighted by Gasteiger charge is -2.14. The average molecular weight is 273 g/mol. The molecule has 0 saturated heterocycles.